The Balaban J connectivity index is 1.85. The number of nitrogens with one attached hydrogen (secondary N) is 1. The van der Waals surface area contributed by atoms with E-state index >= 15 is 0 Å². The molecule has 0 aliphatic heterocycles. The van der Waals surface area contributed by atoms with E-state index in [1.54, 1.807) is 18.0 Å². The number of aryl methyl sites for hydroxylation is 2. The molecule has 0 saturated heterocycles. The molecule has 1 N–H and O–H groups in total. The van der Waals surface area contributed by atoms with Crippen LogP contribution < -0.4 is 5.32 Å². The number of rotatable bonds is 8. The van der Waals surface area contributed by atoms with Gasteiger partial charge in [0.25, 0.3) is 5.91 Å². The summed E-state index contributed by atoms with van der Waals surface area (Å²) in [5.41, 5.74) is 1.13. The molecule has 0 spiro atoms. The van der Waals surface area contributed by atoms with Gasteiger partial charge in [-0.3, -0.25) is 9.78 Å². The summed E-state index contributed by atoms with van der Waals surface area (Å²) in [6.45, 7) is 7.67. The van der Waals surface area contributed by atoms with Crippen molar-refractivity contribution in [3.63, 3.8) is 0 Å². The third kappa shape index (κ3) is 5.02. The van der Waals surface area contributed by atoms with Gasteiger partial charge in [0.2, 0.25) is 0 Å². The highest BCUT2D eigenvalue weighted by molar-refractivity contribution is 7.98. The van der Waals surface area contributed by atoms with E-state index in [1.165, 1.54) is 6.20 Å². The number of amides is 1. The molecule has 0 saturated carbocycles. The lowest BCUT2D eigenvalue weighted by atomic mass is 10.2. The first-order valence-corrected chi connectivity index (χ1v) is 9.26. The number of carbonyl (C=O) groups excluding carboxylic acids is 1. The fourth-order valence-electron chi connectivity index (χ4n) is 2.25. The van der Waals surface area contributed by atoms with Crippen LogP contribution in [0.25, 0.3) is 0 Å². The Labute approximate surface area is 146 Å². The first-order valence-electron chi connectivity index (χ1n) is 8.04. The molecule has 7 nitrogen and oxygen atoms in total. The lowest BCUT2D eigenvalue weighted by Crippen LogP contribution is -2.26. The maximum Gasteiger partial charge on any atom is 0.271 e. The van der Waals surface area contributed by atoms with Crippen LogP contribution in [0.5, 0.6) is 0 Å². The maximum absolute atomic E-state index is 12.0. The third-order valence-corrected chi connectivity index (χ3v) is 4.07. The van der Waals surface area contributed by atoms with Gasteiger partial charge < -0.3 is 9.88 Å². The van der Waals surface area contributed by atoms with Gasteiger partial charge in [0.15, 0.2) is 5.16 Å². The highest BCUT2D eigenvalue weighted by atomic mass is 32.2. The van der Waals surface area contributed by atoms with Crippen LogP contribution in [0.1, 0.15) is 42.3 Å². The SMILES string of the molecule is CSc1nnc(CCCNC(=O)c2cnc(C)cn2)n1CC(C)C. The lowest BCUT2D eigenvalue weighted by Gasteiger charge is -2.11. The van der Waals surface area contributed by atoms with Gasteiger partial charge in [-0.2, -0.15) is 0 Å². The van der Waals surface area contributed by atoms with Crippen LogP contribution in [-0.4, -0.2) is 43.4 Å². The normalized spacial score (nSPS) is 11.0. The zero-order chi connectivity index (χ0) is 17.5. The first-order chi connectivity index (χ1) is 11.5. The second-order valence-electron chi connectivity index (χ2n) is 6.01. The Kier molecular flexibility index (Phi) is 6.72. The van der Waals surface area contributed by atoms with Gasteiger partial charge >= 0.3 is 0 Å². The van der Waals surface area contributed by atoms with Crippen molar-refractivity contribution in [2.24, 2.45) is 5.92 Å². The molecule has 0 radical (unpaired) electrons. The van der Waals surface area contributed by atoms with Gasteiger partial charge in [-0.15, -0.1) is 10.2 Å². The highest BCUT2D eigenvalue weighted by Gasteiger charge is 2.13. The van der Waals surface area contributed by atoms with Gasteiger partial charge in [0.1, 0.15) is 11.5 Å². The van der Waals surface area contributed by atoms with E-state index in [1.807, 2.05) is 13.2 Å². The molecule has 2 aromatic rings. The number of carbonyl (C=O) groups is 1. The summed E-state index contributed by atoms with van der Waals surface area (Å²) in [4.78, 5) is 20.1. The highest BCUT2D eigenvalue weighted by Crippen LogP contribution is 2.16. The fraction of sp³-hybridized carbons (Fsp3) is 0.562. The van der Waals surface area contributed by atoms with Crippen LogP contribution in [0.2, 0.25) is 0 Å². The van der Waals surface area contributed by atoms with Gasteiger partial charge in [0.05, 0.1) is 11.9 Å². The lowest BCUT2D eigenvalue weighted by molar-refractivity contribution is 0.0947. The smallest absolute Gasteiger partial charge is 0.271 e. The molecule has 0 atom stereocenters. The minimum atomic E-state index is -0.198. The topological polar surface area (TPSA) is 85.6 Å². The van der Waals surface area contributed by atoms with E-state index < -0.39 is 0 Å². The maximum atomic E-state index is 12.0. The average molecular weight is 348 g/mol. The standard InChI is InChI=1S/C16H24N6OS/c1-11(2)10-22-14(20-21-16(22)24-4)6-5-7-17-15(23)13-9-18-12(3)8-19-13/h8-9,11H,5-7,10H2,1-4H3,(H,17,23). The molecule has 2 heterocycles. The van der Waals surface area contributed by atoms with Crippen LogP contribution in [0.15, 0.2) is 17.6 Å². The molecule has 0 unspecified atom stereocenters. The van der Waals surface area contributed by atoms with Gasteiger partial charge in [-0.05, 0) is 25.5 Å². The van der Waals surface area contributed by atoms with Crippen molar-refractivity contribution in [1.29, 1.82) is 0 Å². The van der Waals surface area contributed by atoms with E-state index in [0.29, 0.717) is 18.2 Å². The Morgan fingerprint density at radius 1 is 1.29 bits per heavy atom. The Morgan fingerprint density at radius 2 is 2.08 bits per heavy atom. The summed E-state index contributed by atoms with van der Waals surface area (Å²) in [6, 6.07) is 0. The summed E-state index contributed by atoms with van der Waals surface area (Å²) in [7, 11) is 0. The monoisotopic (exact) mass is 348 g/mol. The number of nitrogens with zero attached hydrogens (tertiary/aromatic N) is 5. The van der Waals surface area contributed by atoms with Gasteiger partial charge in [-0.1, -0.05) is 25.6 Å². The van der Waals surface area contributed by atoms with Crippen molar-refractivity contribution < 1.29 is 4.79 Å². The molecule has 0 aromatic carbocycles. The van der Waals surface area contributed by atoms with Crippen LogP contribution in [0.4, 0.5) is 0 Å². The molecule has 0 fully saturated rings. The summed E-state index contributed by atoms with van der Waals surface area (Å²) in [5, 5.41) is 12.3. The van der Waals surface area contributed by atoms with Crippen LogP contribution in [-0.2, 0) is 13.0 Å². The molecule has 0 aliphatic rings. The number of thioether (sulfide) groups is 1. The average Bonchev–Trinajstić information content (AvgIpc) is 2.93. The predicted molar refractivity (Wildman–Crippen MR) is 94.1 cm³/mol. The fourth-order valence-corrected chi connectivity index (χ4v) is 2.78. The minimum absolute atomic E-state index is 0.198. The Morgan fingerprint density at radius 3 is 2.71 bits per heavy atom. The molecule has 0 bridgehead atoms. The first kappa shape index (κ1) is 18.4. The summed E-state index contributed by atoms with van der Waals surface area (Å²) < 4.78 is 2.17. The number of hydrogen-bond acceptors (Lipinski definition) is 6. The molecular formula is C16H24N6OS. The molecule has 1 amide bonds. The Hall–Kier alpha value is -1.96. The molecule has 2 aromatic heterocycles. The van der Waals surface area contributed by atoms with Gasteiger partial charge in [-0.25, -0.2) is 4.98 Å². The zero-order valence-electron chi connectivity index (χ0n) is 14.6. The summed E-state index contributed by atoms with van der Waals surface area (Å²) in [6.07, 6.45) is 6.67. The van der Waals surface area contributed by atoms with Crippen LogP contribution in [0.3, 0.4) is 0 Å². The molecule has 0 aliphatic carbocycles. The quantitative estimate of drug-likeness (QED) is 0.581. The largest absolute Gasteiger partial charge is 0.351 e. The van der Waals surface area contributed by atoms with Crippen LogP contribution in [0, 0.1) is 12.8 Å². The summed E-state index contributed by atoms with van der Waals surface area (Å²) >= 11 is 1.61. The molecule has 130 valence electrons. The van der Waals surface area contributed by atoms with Crippen molar-refractivity contribution in [1.82, 2.24) is 30.0 Å². The van der Waals surface area contributed by atoms with E-state index in [-0.39, 0.29) is 5.91 Å². The van der Waals surface area contributed by atoms with Crippen molar-refractivity contribution >= 4 is 17.7 Å². The Bertz CT molecular complexity index is 668. The number of aromatic nitrogens is 5. The van der Waals surface area contributed by atoms with Crippen molar-refractivity contribution in [3.05, 3.63) is 29.6 Å². The van der Waals surface area contributed by atoms with E-state index in [4.69, 9.17) is 0 Å². The van der Waals surface area contributed by atoms with Gasteiger partial charge in [0, 0.05) is 25.7 Å². The third-order valence-electron chi connectivity index (χ3n) is 3.40. The molecule has 2 rings (SSSR count). The van der Waals surface area contributed by atoms with E-state index in [9.17, 15) is 4.79 Å². The summed E-state index contributed by atoms with van der Waals surface area (Å²) in [5.74, 6) is 1.30. The van der Waals surface area contributed by atoms with Crippen molar-refractivity contribution in [2.45, 2.75) is 45.3 Å². The zero-order valence-corrected chi connectivity index (χ0v) is 15.4. The molecular weight excluding hydrogens is 324 g/mol. The van der Waals surface area contributed by atoms with Crippen molar-refractivity contribution in [3.8, 4) is 0 Å². The minimum Gasteiger partial charge on any atom is -0.351 e. The van der Waals surface area contributed by atoms with Crippen LogP contribution >= 0.6 is 11.8 Å². The van der Waals surface area contributed by atoms with E-state index in [0.717, 1.165) is 36.1 Å². The second kappa shape index (κ2) is 8.77. The van der Waals surface area contributed by atoms with E-state index in [2.05, 4.69) is 43.9 Å². The van der Waals surface area contributed by atoms with Crippen molar-refractivity contribution in [2.75, 3.05) is 12.8 Å². The molecule has 24 heavy (non-hydrogen) atoms. The number of hydrogen-bond donors (Lipinski definition) is 1. The predicted octanol–water partition coefficient (Wildman–Crippen LogP) is 2.12. The molecule has 8 heteroatoms. The second-order valence-corrected chi connectivity index (χ2v) is 6.78.